The summed E-state index contributed by atoms with van der Waals surface area (Å²) in [5.41, 5.74) is 2.20. The first-order valence-corrected chi connectivity index (χ1v) is 14.6. The van der Waals surface area contributed by atoms with Crippen molar-refractivity contribution in [2.75, 3.05) is 7.11 Å². The largest absolute Gasteiger partial charge is 0.393 e. The van der Waals surface area contributed by atoms with Gasteiger partial charge in [0.05, 0.1) is 13.2 Å². The van der Waals surface area contributed by atoms with Crippen LogP contribution in [0.15, 0.2) is 0 Å². The maximum atomic E-state index is 14.4. The first-order chi connectivity index (χ1) is 16.6. The van der Waals surface area contributed by atoms with Gasteiger partial charge < -0.3 is 5.11 Å². The molecule has 1 unspecified atom stereocenters. The van der Waals surface area contributed by atoms with Gasteiger partial charge in [-0.3, -0.25) is 14.4 Å². The van der Waals surface area contributed by atoms with Gasteiger partial charge in [-0.25, -0.2) is 5.48 Å². The van der Waals surface area contributed by atoms with E-state index in [1.807, 2.05) is 0 Å². The van der Waals surface area contributed by atoms with Gasteiger partial charge >= 0.3 is 0 Å². The van der Waals surface area contributed by atoms with Crippen molar-refractivity contribution < 1.29 is 19.5 Å². The van der Waals surface area contributed by atoms with Crippen molar-refractivity contribution in [3.8, 4) is 0 Å². The van der Waals surface area contributed by atoms with Gasteiger partial charge in [0.2, 0.25) is 5.91 Å². The molecule has 5 fully saturated rings. The Bertz CT molecular complexity index is 947. The summed E-state index contributed by atoms with van der Waals surface area (Å²) in [4.78, 5) is 32.5. The van der Waals surface area contributed by atoms with E-state index in [1.54, 1.807) is 0 Å². The monoisotopic (exact) mass is 501 g/mol. The number of ketones is 1. The summed E-state index contributed by atoms with van der Waals surface area (Å²) in [6, 6.07) is 0. The fourth-order valence-corrected chi connectivity index (χ4v) is 11.3. The van der Waals surface area contributed by atoms with E-state index in [0.29, 0.717) is 30.0 Å². The minimum absolute atomic E-state index is 0.0124. The fraction of sp³-hybridized carbons (Fsp3) is 0.935. The summed E-state index contributed by atoms with van der Waals surface area (Å²) in [5, 5.41) is 10.9. The second-order valence-electron chi connectivity index (χ2n) is 15.7. The highest BCUT2D eigenvalue weighted by Crippen LogP contribution is 2.76. The Morgan fingerprint density at radius 2 is 1.56 bits per heavy atom. The Kier molecular flexibility index (Phi) is 5.95. The van der Waals surface area contributed by atoms with Crippen LogP contribution < -0.4 is 5.48 Å². The minimum atomic E-state index is -0.452. The fourth-order valence-electron chi connectivity index (χ4n) is 11.3. The van der Waals surface area contributed by atoms with E-state index in [4.69, 9.17) is 4.84 Å². The number of rotatable bonds is 2. The Labute approximate surface area is 218 Å². The van der Waals surface area contributed by atoms with E-state index >= 15 is 0 Å². The van der Waals surface area contributed by atoms with Crippen LogP contribution >= 0.6 is 0 Å². The summed E-state index contributed by atoms with van der Waals surface area (Å²) in [6.07, 6.45) is 9.41. The molecule has 5 saturated carbocycles. The van der Waals surface area contributed by atoms with E-state index < -0.39 is 5.41 Å². The average Bonchev–Trinajstić information content (AvgIpc) is 2.79. The van der Waals surface area contributed by atoms with E-state index in [1.165, 1.54) is 20.0 Å². The zero-order valence-electron chi connectivity index (χ0n) is 24.1. The lowest BCUT2D eigenvalue weighted by molar-refractivity contribution is -0.242. The van der Waals surface area contributed by atoms with E-state index in [0.717, 1.165) is 44.9 Å². The van der Waals surface area contributed by atoms with Crippen molar-refractivity contribution in [2.45, 2.75) is 119 Å². The Morgan fingerprint density at radius 1 is 0.889 bits per heavy atom. The van der Waals surface area contributed by atoms with E-state index in [-0.39, 0.29) is 45.0 Å². The van der Waals surface area contributed by atoms with Crippen LogP contribution in [0.25, 0.3) is 0 Å². The van der Waals surface area contributed by atoms with Gasteiger partial charge in [0, 0.05) is 17.8 Å². The van der Waals surface area contributed by atoms with E-state index in [2.05, 4.69) is 53.9 Å². The van der Waals surface area contributed by atoms with Crippen LogP contribution in [0.3, 0.4) is 0 Å². The van der Waals surface area contributed by atoms with Crippen LogP contribution in [0, 0.1) is 56.2 Å². The molecule has 0 bridgehead atoms. The van der Waals surface area contributed by atoms with Crippen molar-refractivity contribution in [3.05, 3.63) is 0 Å². The predicted octanol–water partition coefficient (Wildman–Crippen LogP) is 6.09. The van der Waals surface area contributed by atoms with Crippen LogP contribution in [0.1, 0.15) is 113 Å². The predicted molar refractivity (Wildman–Crippen MR) is 141 cm³/mol. The second-order valence-corrected chi connectivity index (χ2v) is 15.7. The van der Waals surface area contributed by atoms with Gasteiger partial charge in [-0.1, -0.05) is 48.5 Å². The highest BCUT2D eigenvalue weighted by molar-refractivity contribution is 5.85. The molecule has 0 aromatic carbocycles. The molecule has 0 saturated heterocycles. The SMILES string of the molecule is CONC(=O)[C@@]1(C)CC[C@]2(C)CC[C@]3(C)[C@H](CC(=O)[C@@H]4[C@@]5(C)CC[C@H](O)C(C)(C)C5CC[C@]43C)[C@H]2C1. The molecule has 5 aliphatic carbocycles. The molecule has 5 rings (SSSR count). The molecule has 2 N–H and O–H groups in total. The molecule has 36 heavy (non-hydrogen) atoms. The number of aliphatic hydroxyl groups is 1. The topological polar surface area (TPSA) is 75.6 Å². The van der Waals surface area contributed by atoms with Crippen molar-refractivity contribution in [1.29, 1.82) is 0 Å². The highest BCUT2D eigenvalue weighted by atomic mass is 16.6. The molecule has 0 radical (unpaired) electrons. The molecule has 5 heteroatoms. The molecule has 1 amide bonds. The van der Waals surface area contributed by atoms with Crippen LogP contribution in [0.2, 0.25) is 0 Å². The smallest absolute Gasteiger partial charge is 0.249 e. The molecule has 0 aromatic rings. The highest BCUT2D eigenvalue weighted by Gasteiger charge is 2.72. The number of hydrogen-bond acceptors (Lipinski definition) is 4. The summed E-state index contributed by atoms with van der Waals surface area (Å²) in [5.74, 6) is 1.59. The molecular weight excluding hydrogens is 450 g/mol. The van der Waals surface area contributed by atoms with Crippen molar-refractivity contribution in [1.82, 2.24) is 5.48 Å². The van der Waals surface area contributed by atoms with Crippen molar-refractivity contribution in [2.24, 2.45) is 56.2 Å². The third-order valence-corrected chi connectivity index (χ3v) is 13.9. The van der Waals surface area contributed by atoms with Gasteiger partial charge in [0.15, 0.2) is 0 Å². The Balaban J connectivity index is 1.54. The third kappa shape index (κ3) is 3.26. The number of fused-ring (bicyclic) bond motifs is 7. The number of nitrogens with one attached hydrogen (secondary N) is 1. The molecule has 5 nitrogen and oxygen atoms in total. The van der Waals surface area contributed by atoms with Crippen LogP contribution in [0.4, 0.5) is 0 Å². The number of hydrogen-bond donors (Lipinski definition) is 2. The average molecular weight is 502 g/mol. The lowest BCUT2D eigenvalue weighted by atomic mass is 9.31. The summed E-state index contributed by atoms with van der Waals surface area (Å²) < 4.78 is 0. The molecule has 5 aliphatic rings. The van der Waals surface area contributed by atoms with Crippen LogP contribution in [-0.2, 0) is 14.4 Å². The Hall–Kier alpha value is -0.940. The second kappa shape index (κ2) is 8.04. The molecular formula is C31H51NO4. The van der Waals surface area contributed by atoms with E-state index in [9.17, 15) is 14.7 Å². The lowest BCUT2D eigenvalue weighted by Crippen LogP contribution is -2.69. The number of carbonyl (C=O) groups excluding carboxylic acids is 2. The van der Waals surface area contributed by atoms with Gasteiger partial charge in [-0.2, -0.15) is 0 Å². The first kappa shape index (κ1) is 26.7. The molecule has 0 aliphatic heterocycles. The van der Waals surface area contributed by atoms with Crippen molar-refractivity contribution in [3.63, 3.8) is 0 Å². The zero-order chi connectivity index (χ0) is 26.5. The van der Waals surface area contributed by atoms with Gasteiger partial charge in [-0.05, 0) is 103 Å². The zero-order valence-corrected chi connectivity index (χ0v) is 24.1. The third-order valence-electron chi connectivity index (χ3n) is 13.9. The molecule has 204 valence electrons. The number of aliphatic hydroxyl groups excluding tert-OH is 1. The van der Waals surface area contributed by atoms with Crippen molar-refractivity contribution >= 4 is 11.7 Å². The number of carbonyl (C=O) groups is 2. The molecule has 10 atom stereocenters. The summed E-state index contributed by atoms with van der Waals surface area (Å²) >= 11 is 0. The molecule has 0 spiro atoms. The maximum absolute atomic E-state index is 14.4. The quantitative estimate of drug-likeness (QED) is 0.449. The summed E-state index contributed by atoms with van der Waals surface area (Å²) in [6.45, 7) is 16.4. The standard InChI is InChI=1S/C31H51NO4/c1-26(2)22-9-12-31(7)24(29(22,5)11-10-23(26)34)21(33)17-19-20-18-28(4,25(35)32-36-8)14-13-27(20,3)15-16-30(19,31)6/h19-20,22-24,34H,9-18H2,1-8H3,(H,32,35)/t19-,20-,22?,23+,24-,27-,28+,29+,30-,31-/m1/s1. The van der Waals surface area contributed by atoms with Gasteiger partial charge in [0.1, 0.15) is 5.78 Å². The van der Waals surface area contributed by atoms with Crippen LogP contribution in [0.5, 0.6) is 0 Å². The number of Topliss-reactive ketones (excluding diaryl/α,β-unsaturated/α-hetero) is 1. The number of hydroxylamine groups is 1. The molecule has 0 aromatic heterocycles. The maximum Gasteiger partial charge on any atom is 0.249 e. The molecule has 0 heterocycles. The first-order valence-electron chi connectivity index (χ1n) is 14.6. The van der Waals surface area contributed by atoms with Gasteiger partial charge in [-0.15, -0.1) is 0 Å². The number of amides is 1. The Morgan fingerprint density at radius 3 is 2.22 bits per heavy atom. The van der Waals surface area contributed by atoms with Crippen LogP contribution in [-0.4, -0.2) is 30.0 Å². The van der Waals surface area contributed by atoms with Gasteiger partial charge in [0.25, 0.3) is 0 Å². The lowest BCUT2D eigenvalue weighted by Gasteiger charge is -2.72. The normalized spacial score (nSPS) is 53.9. The summed E-state index contributed by atoms with van der Waals surface area (Å²) in [7, 11) is 1.51. The minimum Gasteiger partial charge on any atom is -0.393 e.